The number of carbonyl (C=O) groups excluding carboxylic acids is 4. The fourth-order valence-electron chi connectivity index (χ4n) is 8.11. The Kier molecular flexibility index (Phi) is 14.2. The zero-order valence-electron chi connectivity index (χ0n) is 30.3. The molecule has 4 rings (SSSR count). The Hall–Kier alpha value is -3.54. The number of rotatable bonds is 21. The van der Waals surface area contributed by atoms with Crippen molar-refractivity contribution in [3.05, 3.63) is 61.2 Å². The zero-order chi connectivity index (χ0) is 36.4. The smallest absolute Gasteiger partial charge is 0.313 e. The summed E-state index contributed by atoms with van der Waals surface area (Å²) in [6, 6.07) is 6.75. The van der Waals surface area contributed by atoms with E-state index in [1.807, 2.05) is 44.2 Å². The number of nitrogens with one attached hydrogen (secondary N) is 1. The van der Waals surface area contributed by atoms with Gasteiger partial charge in [0.15, 0.2) is 0 Å². The molecular formula is C39H57N3O8. The van der Waals surface area contributed by atoms with Gasteiger partial charge in [0.25, 0.3) is 0 Å². The van der Waals surface area contributed by atoms with Gasteiger partial charge in [-0.15, -0.1) is 13.2 Å². The first-order valence-corrected chi connectivity index (χ1v) is 18.3. The average molecular weight is 696 g/mol. The number of hydrogen-bond acceptors (Lipinski definition) is 8. The molecule has 3 fully saturated rings. The summed E-state index contributed by atoms with van der Waals surface area (Å²) in [4.78, 5) is 60.1. The van der Waals surface area contributed by atoms with Crippen LogP contribution in [-0.4, -0.2) is 102 Å². The minimum absolute atomic E-state index is 0.0676. The average Bonchev–Trinajstić information content (AvgIpc) is 3.77. The monoisotopic (exact) mass is 695 g/mol. The molecule has 276 valence electrons. The molecule has 0 aliphatic carbocycles. The van der Waals surface area contributed by atoms with Crippen molar-refractivity contribution in [2.75, 3.05) is 33.4 Å². The number of aliphatic hydroxyl groups excluding tert-OH is 1. The van der Waals surface area contributed by atoms with E-state index in [-0.39, 0.29) is 43.3 Å². The Morgan fingerprint density at radius 2 is 1.92 bits per heavy atom. The molecule has 11 heteroatoms. The van der Waals surface area contributed by atoms with Gasteiger partial charge < -0.3 is 34.4 Å². The second kappa shape index (κ2) is 18.1. The van der Waals surface area contributed by atoms with Crippen LogP contribution < -0.4 is 5.32 Å². The standard InChI is InChI=1S/C39H57N3O8/c1-7-11-16-23-41(22-9-3)37(46)35-39-21-20-30(50-39)32(33(39)36(45)42(35)29(24-43)26(5)10-4)38(47)49-34(27-17-14-13-15-18-27)28(25-48-6)40-31(44)19-12-8-2/h8-9,13-15,17-18,26,28-30,32-35,43H,2-3,7,10-12,16,19-25H2,1,4-6H3,(H,40,44)/t26-,28+,29-,30-,32+,33+,34+,35-,39+/m0/s1. The number of amides is 3. The fraction of sp³-hybridized carbons (Fsp3) is 0.641. The Balaban J connectivity index is 1.73. The number of hydrogen-bond donors (Lipinski definition) is 2. The molecule has 1 aromatic rings. The molecule has 50 heavy (non-hydrogen) atoms. The molecule has 3 aliphatic rings. The third kappa shape index (κ3) is 8.00. The van der Waals surface area contributed by atoms with Crippen molar-refractivity contribution < 1.29 is 38.5 Å². The van der Waals surface area contributed by atoms with E-state index in [1.165, 1.54) is 7.11 Å². The van der Waals surface area contributed by atoms with E-state index in [9.17, 15) is 24.3 Å². The number of nitrogens with zero attached hydrogens (tertiary/aromatic N) is 2. The molecule has 0 saturated carbocycles. The predicted molar refractivity (Wildman–Crippen MR) is 190 cm³/mol. The Labute approximate surface area is 297 Å². The summed E-state index contributed by atoms with van der Waals surface area (Å²) in [5.74, 6) is -3.56. The number of carbonyl (C=O) groups is 4. The highest BCUT2D eigenvalue weighted by molar-refractivity contribution is 5.98. The van der Waals surface area contributed by atoms with Gasteiger partial charge in [0.05, 0.1) is 43.2 Å². The molecule has 3 amide bonds. The van der Waals surface area contributed by atoms with Gasteiger partial charge in [-0.05, 0) is 37.2 Å². The summed E-state index contributed by atoms with van der Waals surface area (Å²) in [5, 5.41) is 13.7. The molecule has 1 aromatic carbocycles. The lowest BCUT2D eigenvalue weighted by Crippen LogP contribution is -2.59. The summed E-state index contributed by atoms with van der Waals surface area (Å²) < 4.78 is 18.5. The molecule has 0 aromatic heterocycles. The number of ether oxygens (including phenoxy) is 3. The van der Waals surface area contributed by atoms with Crippen LogP contribution in [-0.2, 0) is 33.4 Å². The molecule has 1 spiro atoms. The van der Waals surface area contributed by atoms with E-state index in [2.05, 4.69) is 25.4 Å². The second-order valence-corrected chi connectivity index (χ2v) is 13.9. The normalized spacial score (nSPS) is 26.1. The molecule has 3 aliphatic heterocycles. The van der Waals surface area contributed by atoms with Crippen LogP contribution in [0.4, 0.5) is 0 Å². The van der Waals surface area contributed by atoms with Crippen molar-refractivity contribution in [1.82, 2.24) is 15.1 Å². The SMILES string of the molecule is C=CCCC(=O)N[C@H](COC)[C@H](OC(=O)[C@@H]1[C@@H]2CC[C@]3(O2)[C@H](C(=O)N(CC=C)CCCCC)N([C@@H](CO)[C@@H](C)CC)C(=O)[C@@H]13)c1ccccc1. The number of fused-ring (bicyclic) bond motifs is 1. The third-order valence-corrected chi connectivity index (χ3v) is 10.8. The van der Waals surface area contributed by atoms with Gasteiger partial charge in [-0.3, -0.25) is 19.2 Å². The lowest BCUT2D eigenvalue weighted by atomic mass is 9.70. The van der Waals surface area contributed by atoms with Gasteiger partial charge in [0.1, 0.15) is 17.7 Å². The molecule has 2 bridgehead atoms. The lowest BCUT2D eigenvalue weighted by Gasteiger charge is -2.41. The Bertz CT molecular complexity index is 1340. The number of likely N-dealkylation sites (tertiary alicyclic amines) is 1. The van der Waals surface area contributed by atoms with Gasteiger partial charge in [0.2, 0.25) is 17.7 Å². The van der Waals surface area contributed by atoms with E-state index in [0.717, 1.165) is 19.3 Å². The minimum Gasteiger partial charge on any atom is -0.455 e. The third-order valence-electron chi connectivity index (χ3n) is 10.8. The van der Waals surface area contributed by atoms with Crippen LogP contribution in [0.1, 0.15) is 83.8 Å². The summed E-state index contributed by atoms with van der Waals surface area (Å²) in [6.07, 6.45) is 6.79. The van der Waals surface area contributed by atoms with E-state index in [4.69, 9.17) is 14.2 Å². The van der Waals surface area contributed by atoms with Gasteiger partial charge in [-0.25, -0.2) is 0 Å². The van der Waals surface area contributed by atoms with Crippen LogP contribution >= 0.6 is 0 Å². The number of allylic oxidation sites excluding steroid dienone is 1. The number of aliphatic hydroxyl groups is 1. The number of esters is 1. The number of methoxy groups -OCH3 is 1. The summed E-state index contributed by atoms with van der Waals surface area (Å²) in [7, 11) is 1.51. The summed E-state index contributed by atoms with van der Waals surface area (Å²) >= 11 is 0. The van der Waals surface area contributed by atoms with E-state index in [1.54, 1.807) is 22.0 Å². The molecule has 9 atom stereocenters. The molecule has 11 nitrogen and oxygen atoms in total. The van der Waals surface area contributed by atoms with Crippen molar-refractivity contribution in [3.8, 4) is 0 Å². The van der Waals surface area contributed by atoms with Gasteiger partial charge in [-0.2, -0.15) is 0 Å². The molecule has 0 radical (unpaired) electrons. The fourth-order valence-corrected chi connectivity index (χ4v) is 8.11. The van der Waals surface area contributed by atoms with Crippen molar-refractivity contribution in [2.24, 2.45) is 17.8 Å². The molecular weight excluding hydrogens is 638 g/mol. The van der Waals surface area contributed by atoms with Gasteiger partial charge in [0, 0.05) is 26.6 Å². The van der Waals surface area contributed by atoms with Crippen LogP contribution in [0.25, 0.3) is 0 Å². The minimum atomic E-state index is -1.25. The van der Waals surface area contributed by atoms with Crippen molar-refractivity contribution >= 4 is 23.7 Å². The van der Waals surface area contributed by atoms with Crippen LogP contribution in [0.15, 0.2) is 55.6 Å². The quantitative estimate of drug-likeness (QED) is 0.110. The van der Waals surface area contributed by atoms with Crippen LogP contribution in [0, 0.1) is 17.8 Å². The molecule has 3 heterocycles. The van der Waals surface area contributed by atoms with Crippen molar-refractivity contribution in [3.63, 3.8) is 0 Å². The molecule has 3 saturated heterocycles. The Morgan fingerprint density at radius 3 is 2.54 bits per heavy atom. The topological polar surface area (TPSA) is 135 Å². The Morgan fingerprint density at radius 1 is 1.18 bits per heavy atom. The highest BCUT2D eigenvalue weighted by atomic mass is 16.6. The van der Waals surface area contributed by atoms with Crippen LogP contribution in [0.5, 0.6) is 0 Å². The number of benzene rings is 1. The van der Waals surface area contributed by atoms with Gasteiger partial charge >= 0.3 is 5.97 Å². The first-order chi connectivity index (χ1) is 24.1. The highest BCUT2D eigenvalue weighted by Crippen LogP contribution is 2.59. The maximum Gasteiger partial charge on any atom is 0.313 e. The maximum atomic E-state index is 14.8. The van der Waals surface area contributed by atoms with Crippen LogP contribution in [0.3, 0.4) is 0 Å². The summed E-state index contributed by atoms with van der Waals surface area (Å²) in [6.45, 7) is 14.2. The van der Waals surface area contributed by atoms with Gasteiger partial charge in [-0.1, -0.05) is 82.5 Å². The van der Waals surface area contributed by atoms with E-state index < -0.39 is 53.7 Å². The molecule has 2 N–H and O–H groups in total. The zero-order valence-corrected chi connectivity index (χ0v) is 30.3. The van der Waals surface area contributed by atoms with E-state index in [0.29, 0.717) is 44.3 Å². The first kappa shape index (κ1) is 39.2. The number of unbranched alkanes of at least 4 members (excludes halogenated alkanes) is 2. The van der Waals surface area contributed by atoms with E-state index >= 15 is 0 Å². The largest absolute Gasteiger partial charge is 0.455 e. The molecule has 0 unspecified atom stereocenters. The predicted octanol–water partition coefficient (Wildman–Crippen LogP) is 4.35. The van der Waals surface area contributed by atoms with Crippen molar-refractivity contribution in [2.45, 2.75) is 108 Å². The highest BCUT2D eigenvalue weighted by Gasteiger charge is 2.76. The second-order valence-electron chi connectivity index (χ2n) is 13.9. The van der Waals surface area contributed by atoms with Crippen LogP contribution in [0.2, 0.25) is 0 Å². The first-order valence-electron chi connectivity index (χ1n) is 18.3. The summed E-state index contributed by atoms with van der Waals surface area (Å²) in [5.41, 5.74) is -0.594. The lowest BCUT2D eigenvalue weighted by molar-refractivity contribution is -0.164. The van der Waals surface area contributed by atoms with Crippen molar-refractivity contribution in [1.29, 1.82) is 0 Å². The maximum absolute atomic E-state index is 14.8.